The van der Waals surface area contributed by atoms with Gasteiger partial charge in [-0.25, -0.2) is 14.8 Å². The largest absolute Gasteiger partial charge is 0.465 e. The average Bonchev–Trinajstić information content (AvgIpc) is 2.45. The second-order valence-electron chi connectivity index (χ2n) is 4.77. The normalized spacial score (nSPS) is 19.4. The van der Waals surface area contributed by atoms with Gasteiger partial charge in [0.05, 0.1) is 6.04 Å². The number of nitrogens with zero attached hydrogens (tertiary/aromatic N) is 3. The van der Waals surface area contributed by atoms with Crippen molar-refractivity contribution in [1.29, 1.82) is 0 Å². The molecule has 0 radical (unpaired) electrons. The van der Waals surface area contributed by atoms with Crippen LogP contribution in [0.1, 0.15) is 25.0 Å². The molecule has 1 fully saturated rings. The van der Waals surface area contributed by atoms with E-state index in [2.05, 4.69) is 15.3 Å². The predicted molar refractivity (Wildman–Crippen MR) is 67.9 cm³/mol. The molecule has 1 unspecified atom stereocenters. The molecule has 1 amide bonds. The molecule has 21 heavy (non-hydrogen) atoms. The van der Waals surface area contributed by atoms with Crippen LogP contribution < -0.4 is 5.32 Å². The van der Waals surface area contributed by atoms with Crippen LogP contribution in [0.4, 0.5) is 23.9 Å². The van der Waals surface area contributed by atoms with Crippen LogP contribution in [0.15, 0.2) is 12.3 Å². The van der Waals surface area contributed by atoms with Gasteiger partial charge in [-0.2, -0.15) is 13.2 Å². The summed E-state index contributed by atoms with van der Waals surface area (Å²) in [4.78, 5) is 19.5. The zero-order valence-electron chi connectivity index (χ0n) is 11.1. The number of nitrogens with one attached hydrogen (secondary N) is 1. The molecule has 1 aliphatic heterocycles. The zero-order valence-corrected chi connectivity index (χ0v) is 11.1. The van der Waals surface area contributed by atoms with Crippen LogP contribution in [0, 0.1) is 0 Å². The van der Waals surface area contributed by atoms with E-state index in [4.69, 9.17) is 5.11 Å². The molecule has 1 saturated heterocycles. The Hall–Kier alpha value is -2.06. The maximum absolute atomic E-state index is 12.5. The van der Waals surface area contributed by atoms with Crippen LogP contribution in [0.25, 0.3) is 0 Å². The highest BCUT2D eigenvalue weighted by Crippen LogP contribution is 2.27. The Labute approximate surface area is 119 Å². The van der Waals surface area contributed by atoms with Crippen LogP contribution in [-0.4, -0.2) is 45.2 Å². The maximum Gasteiger partial charge on any atom is 0.433 e. The Morgan fingerprint density at radius 3 is 2.90 bits per heavy atom. The van der Waals surface area contributed by atoms with Crippen molar-refractivity contribution in [3.05, 3.63) is 18.0 Å². The monoisotopic (exact) mass is 304 g/mol. The average molecular weight is 304 g/mol. The third-order valence-corrected chi connectivity index (χ3v) is 3.31. The van der Waals surface area contributed by atoms with E-state index in [1.54, 1.807) is 0 Å². The third-order valence-electron chi connectivity index (χ3n) is 3.31. The van der Waals surface area contributed by atoms with Crippen molar-refractivity contribution in [2.75, 3.05) is 18.4 Å². The van der Waals surface area contributed by atoms with Crippen LogP contribution in [0.3, 0.4) is 0 Å². The second-order valence-corrected chi connectivity index (χ2v) is 4.77. The first kappa shape index (κ1) is 15.3. The predicted octanol–water partition coefficient (Wildman–Crippen LogP) is 2.44. The third kappa shape index (κ3) is 3.96. The highest BCUT2D eigenvalue weighted by Gasteiger charge is 2.33. The first-order chi connectivity index (χ1) is 9.88. The van der Waals surface area contributed by atoms with Crippen molar-refractivity contribution in [2.45, 2.75) is 31.5 Å². The first-order valence-corrected chi connectivity index (χ1v) is 6.51. The number of amides is 1. The van der Waals surface area contributed by atoms with E-state index in [-0.39, 0.29) is 18.5 Å². The molecule has 0 saturated carbocycles. The van der Waals surface area contributed by atoms with Gasteiger partial charge in [0.2, 0.25) is 5.95 Å². The second kappa shape index (κ2) is 6.15. The molecule has 1 atom stereocenters. The smallest absolute Gasteiger partial charge is 0.433 e. The number of anilines is 1. The summed E-state index contributed by atoms with van der Waals surface area (Å²) in [5.41, 5.74) is -1.03. The fourth-order valence-electron chi connectivity index (χ4n) is 2.28. The molecule has 0 bridgehead atoms. The number of aromatic nitrogens is 2. The summed E-state index contributed by atoms with van der Waals surface area (Å²) >= 11 is 0. The van der Waals surface area contributed by atoms with Crippen LogP contribution in [0.5, 0.6) is 0 Å². The fourth-order valence-corrected chi connectivity index (χ4v) is 2.28. The summed E-state index contributed by atoms with van der Waals surface area (Å²) < 4.78 is 37.6. The molecular weight excluding hydrogens is 289 g/mol. The molecule has 0 spiro atoms. The van der Waals surface area contributed by atoms with Gasteiger partial charge in [-0.15, -0.1) is 0 Å². The number of piperidine rings is 1. The van der Waals surface area contributed by atoms with E-state index >= 15 is 0 Å². The van der Waals surface area contributed by atoms with Crippen molar-refractivity contribution in [1.82, 2.24) is 14.9 Å². The van der Waals surface area contributed by atoms with E-state index in [1.807, 2.05) is 0 Å². The van der Waals surface area contributed by atoms with E-state index in [1.165, 1.54) is 4.90 Å². The molecule has 6 nitrogen and oxygen atoms in total. The highest BCUT2D eigenvalue weighted by atomic mass is 19.4. The molecule has 0 aliphatic carbocycles. The summed E-state index contributed by atoms with van der Waals surface area (Å²) in [5.74, 6) is -0.152. The van der Waals surface area contributed by atoms with Crippen molar-refractivity contribution in [3.63, 3.8) is 0 Å². The minimum atomic E-state index is -4.53. The number of likely N-dealkylation sites (tertiary alicyclic amines) is 1. The Morgan fingerprint density at radius 2 is 2.24 bits per heavy atom. The maximum atomic E-state index is 12.5. The van der Waals surface area contributed by atoms with Crippen molar-refractivity contribution in [3.8, 4) is 0 Å². The van der Waals surface area contributed by atoms with Gasteiger partial charge in [-0.05, 0) is 25.3 Å². The molecule has 9 heteroatoms. The summed E-state index contributed by atoms with van der Waals surface area (Å²) in [6.07, 6.45) is -2.18. The number of hydrogen-bond donors (Lipinski definition) is 2. The number of halogens is 3. The molecule has 0 aromatic carbocycles. The summed E-state index contributed by atoms with van der Waals surface area (Å²) in [6.45, 7) is 0.624. The molecule has 116 valence electrons. The van der Waals surface area contributed by atoms with Gasteiger partial charge in [-0.3, -0.25) is 0 Å². The van der Waals surface area contributed by atoms with Crippen molar-refractivity contribution in [2.24, 2.45) is 0 Å². The number of carboxylic acid groups (broad SMARTS) is 1. The molecule has 1 aromatic rings. The summed E-state index contributed by atoms with van der Waals surface area (Å²) in [7, 11) is 0. The SMILES string of the molecule is O=C(O)N1CCCCC1CNc1nccc(C(F)(F)F)n1. The molecule has 2 heterocycles. The molecule has 2 rings (SSSR count). The van der Waals surface area contributed by atoms with Gasteiger partial charge >= 0.3 is 12.3 Å². The minimum absolute atomic E-state index is 0.152. The van der Waals surface area contributed by atoms with E-state index < -0.39 is 18.0 Å². The first-order valence-electron chi connectivity index (χ1n) is 6.51. The molecule has 1 aromatic heterocycles. The van der Waals surface area contributed by atoms with Gasteiger partial charge in [0, 0.05) is 19.3 Å². The van der Waals surface area contributed by atoms with Crippen LogP contribution >= 0.6 is 0 Å². The quantitative estimate of drug-likeness (QED) is 0.896. The Balaban J connectivity index is 2.00. The van der Waals surface area contributed by atoms with Crippen LogP contribution in [-0.2, 0) is 6.18 Å². The number of rotatable bonds is 3. The Morgan fingerprint density at radius 1 is 1.48 bits per heavy atom. The summed E-state index contributed by atoms with van der Waals surface area (Å²) in [6, 6.07) is 0.504. The van der Waals surface area contributed by atoms with Gasteiger partial charge < -0.3 is 15.3 Å². The number of alkyl halides is 3. The lowest BCUT2D eigenvalue weighted by molar-refractivity contribution is -0.141. The van der Waals surface area contributed by atoms with Gasteiger partial charge in [0.15, 0.2) is 0 Å². The highest BCUT2D eigenvalue weighted by molar-refractivity contribution is 5.65. The van der Waals surface area contributed by atoms with Crippen LogP contribution in [0.2, 0.25) is 0 Å². The Bertz CT molecular complexity index is 510. The van der Waals surface area contributed by atoms with Crippen molar-refractivity contribution < 1.29 is 23.1 Å². The molecular formula is C12H15F3N4O2. The molecule has 2 N–H and O–H groups in total. The lowest BCUT2D eigenvalue weighted by Gasteiger charge is -2.33. The van der Waals surface area contributed by atoms with Gasteiger partial charge in [0.1, 0.15) is 5.69 Å². The topological polar surface area (TPSA) is 78.4 Å². The van der Waals surface area contributed by atoms with E-state index in [0.717, 1.165) is 25.1 Å². The van der Waals surface area contributed by atoms with E-state index in [9.17, 15) is 18.0 Å². The number of hydrogen-bond acceptors (Lipinski definition) is 4. The van der Waals surface area contributed by atoms with Gasteiger partial charge in [-0.1, -0.05) is 0 Å². The molecule has 1 aliphatic rings. The zero-order chi connectivity index (χ0) is 15.5. The lowest BCUT2D eigenvalue weighted by atomic mass is 10.0. The van der Waals surface area contributed by atoms with E-state index in [0.29, 0.717) is 13.0 Å². The fraction of sp³-hybridized carbons (Fsp3) is 0.583. The van der Waals surface area contributed by atoms with Crippen molar-refractivity contribution >= 4 is 12.0 Å². The minimum Gasteiger partial charge on any atom is -0.465 e. The van der Waals surface area contributed by atoms with Gasteiger partial charge in [0.25, 0.3) is 0 Å². The lowest BCUT2D eigenvalue weighted by Crippen LogP contribution is -2.46. The standard InChI is InChI=1S/C12H15F3N4O2/c13-12(14,15)9-4-5-16-10(18-9)17-7-8-3-1-2-6-19(8)11(20)21/h4-5,8H,1-3,6-7H2,(H,20,21)(H,16,17,18). The number of carbonyl (C=O) groups is 1. The Kier molecular flexibility index (Phi) is 4.49. The summed E-state index contributed by atoms with van der Waals surface area (Å²) in [5, 5.41) is 11.8.